The van der Waals surface area contributed by atoms with E-state index < -0.39 is 6.03 Å². The van der Waals surface area contributed by atoms with Crippen molar-refractivity contribution in [3.05, 3.63) is 35.9 Å². The molecule has 1 N–H and O–H groups in total. The molecule has 1 aliphatic rings. The van der Waals surface area contributed by atoms with Crippen LogP contribution in [0.1, 0.15) is 12.0 Å². The smallest absolute Gasteiger partial charge is 0.335 e. The largest absolute Gasteiger partial charge is 0.348 e. The summed E-state index contributed by atoms with van der Waals surface area (Å²) < 4.78 is 0. The summed E-state index contributed by atoms with van der Waals surface area (Å²) in [5.74, 6) is -0.306. The third kappa shape index (κ3) is 2.38. The lowest BCUT2D eigenvalue weighted by Gasteiger charge is -2.24. The number of hydroxylamine groups is 2. The normalized spacial score (nSPS) is 16.1. The van der Waals surface area contributed by atoms with Gasteiger partial charge >= 0.3 is 6.03 Å². The molecule has 0 atom stereocenters. The van der Waals surface area contributed by atoms with Crippen molar-refractivity contribution in [2.45, 2.75) is 13.0 Å². The van der Waals surface area contributed by atoms with E-state index in [1.165, 1.54) is 0 Å². The summed E-state index contributed by atoms with van der Waals surface area (Å²) in [6.45, 7) is 0.586. The van der Waals surface area contributed by atoms with Crippen LogP contribution in [0.5, 0.6) is 0 Å². The molecule has 0 aliphatic carbocycles. The number of urea groups is 1. The van der Waals surface area contributed by atoms with Gasteiger partial charge in [-0.15, -0.1) is 5.06 Å². The van der Waals surface area contributed by atoms with E-state index in [-0.39, 0.29) is 18.9 Å². The van der Waals surface area contributed by atoms with Gasteiger partial charge in [0.2, 0.25) is 0 Å². The van der Waals surface area contributed by atoms with Crippen molar-refractivity contribution in [3.8, 4) is 0 Å². The topological polar surface area (TPSA) is 58.6 Å². The van der Waals surface area contributed by atoms with Crippen molar-refractivity contribution in [2.75, 3.05) is 6.54 Å². The molecule has 1 aromatic rings. The maximum atomic E-state index is 11.4. The van der Waals surface area contributed by atoms with Gasteiger partial charge in [0.05, 0.1) is 0 Å². The Labute approximate surface area is 93.0 Å². The standard InChI is InChI=1S/C11H12N2O3/c14-10-6-7-12-11(15)13(10)16-8-9-4-2-1-3-5-9/h1-5H,6-8H2,(H,12,15). The summed E-state index contributed by atoms with van der Waals surface area (Å²) in [5, 5.41) is 3.33. The average molecular weight is 220 g/mol. The number of benzene rings is 1. The molecule has 0 bridgehead atoms. The number of hydrogen-bond donors (Lipinski definition) is 1. The molecule has 1 saturated heterocycles. The lowest BCUT2D eigenvalue weighted by atomic mass is 10.2. The van der Waals surface area contributed by atoms with E-state index in [1.807, 2.05) is 30.3 Å². The molecular formula is C11H12N2O3. The third-order valence-corrected chi connectivity index (χ3v) is 2.23. The molecule has 3 amide bonds. The fraction of sp³-hybridized carbons (Fsp3) is 0.273. The van der Waals surface area contributed by atoms with Gasteiger partial charge in [0.1, 0.15) is 6.61 Å². The molecule has 0 radical (unpaired) electrons. The summed E-state index contributed by atoms with van der Waals surface area (Å²) >= 11 is 0. The fourth-order valence-electron chi connectivity index (χ4n) is 1.41. The van der Waals surface area contributed by atoms with Crippen molar-refractivity contribution < 1.29 is 14.4 Å². The lowest BCUT2D eigenvalue weighted by Crippen LogP contribution is -2.49. The molecule has 1 fully saturated rings. The monoisotopic (exact) mass is 220 g/mol. The Hall–Kier alpha value is -1.88. The lowest BCUT2D eigenvalue weighted by molar-refractivity contribution is -0.174. The van der Waals surface area contributed by atoms with Crippen LogP contribution in [0, 0.1) is 0 Å². The number of amides is 3. The molecule has 2 rings (SSSR count). The first-order valence-corrected chi connectivity index (χ1v) is 5.05. The van der Waals surface area contributed by atoms with E-state index >= 15 is 0 Å². The van der Waals surface area contributed by atoms with Gasteiger partial charge in [-0.1, -0.05) is 30.3 Å². The second-order valence-corrected chi connectivity index (χ2v) is 3.43. The van der Waals surface area contributed by atoms with Crippen LogP contribution in [0.4, 0.5) is 4.79 Å². The zero-order valence-electron chi connectivity index (χ0n) is 8.68. The van der Waals surface area contributed by atoms with Crippen LogP contribution < -0.4 is 5.32 Å². The molecular weight excluding hydrogens is 208 g/mol. The Kier molecular flexibility index (Phi) is 3.16. The van der Waals surface area contributed by atoms with Gasteiger partial charge in [-0.2, -0.15) is 0 Å². The first-order valence-electron chi connectivity index (χ1n) is 5.05. The number of hydrogen-bond acceptors (Lipinski definition) is 3. The average Bonchev–Trinajstić information content (AvgIpc) is 2.30. The molecule has 0 saturated carbocycles. The second kappa shape index (κ2) is 4.76. The number of imide groups is 1. The maximum absolute atomic E-state index is 11.4. The number of nitrogens with one attached hydrogen (secondary N) is 1. The first-order chi connectivity index (χ1) is 7.77. The predicted octanol–water partition coefficient (Wildman–Crippen LogP) is 1.06. The highest BCUT2D eigenvalue weighted by molar-refractivity contribution is 5.95. The molecule has 1 heterocycles. The van der Waals surface area contributed by atoms with Crippen LogP contribution in [0.15, 0.2) is 30.3 Å². The summed E-state index contributed by atoms with van der Waals surface area (Å²) in [6.07, 6.45) is 0.278. The van der Waals surface area contributed by atoms with Crippen molar-refractivity contribution in [2.24, 2.45) is 0 Å². The highest BCUT2D eigenvalue weighted by atomic mass is 16.7. The van der Waals surface area contributed by atoms with Crippen molar-refractivity contribution in [3.63, 3.8) is 0 Å². The summed E-state index contributed by atoms with van der Waals surface area (Å²) in [4.78, 5) is 27.8. The summed E-state index contributed by atoms with van der Waals surface area (Å²) in [6, 6.07) is 8.88. The van der Waals surface area contributed by atoms with Gasteiger partial charge in [-0.05, 0) is 5.56 Å². The van der Waals surface area contributed by atoms with Gasteiger partial charge in [0.25, 0.3) is 5.91 Å². The Morgan fingerprint density at radius 3 is 2.69 bits per heavy atom. The zero-order valence-corrected chi connectivity index (χ0v) is 8.68. The zero-order chi connectivity index (χ0) is 11.4. The predicted molar refractivity (Wildman–Crippen MR) is 56.1 cm³/mol. The van der Waals surface area contributed by atoms with Crippen LogP contribution in [0.2, 0.25) is 0 Å². The van der Waals surface area contributed by atoms with E-state index in [1.54, 1.807) is 0 Å². The molecule has 5 nitrogen and oxygen atoms in total. The molecule has 5 heteroatoms. The van der Waals surface area contributed by atoms with Crippen LogP contribution in [0.3, 0.4) is 0 Å². The molecule has 0 aromatic heterocycles. The summed E-state index contributed by atoms with van der Waals surface area (Å²) in [7, 11) is 0. The molecule has 16 heavy (non-hydrogen) atoms. The minimum Gasteiger partial charge on any atom is -0.335 e. The Balaban J connectivity index is 1.94. The highest BCUT2D eigenvalue weighted by Crippen LogP contribution is 2.07. The molecule has 0 unspecified atom stereocenters. The SMILES string of the molecule is O=C1CCNC(=O)N1OCc1ccccc1. The Morgan fingerprint density at radius 2 is 2.00 bits per heavy atom. The van der Waals surface area contributed by atoms with Crippen LogP contribution >= 0.6 is 0 Å². The van der Waals surface area contributed by atoms with Crippen molar-refractivity contribution in [1.29, 1.82) is 0 Å². The fourth-order valence-corrected chi connectivity index (χ4v) is 1.41. The molecule has 0 spiro atoms. The van der Waals surface area contributed by atoms with E-state index in [0.29, 0.717) is 6.54 Å². The van der Waals surface area contributed by atoms with Gasteiger partial charge in [0, 0.05) is 13.0 Å². The number of carbonyl (C=O) groups is 2. The van der Waals surface area contributed by atoms with Crippen LogP contribution in [-0.2, 0) is 16.2 Å². The number of rotatable bonds is 3. The number of carbonyl (C=O) groups excluding carboxylic acids is 2. The maximum Gasteiger partial charge on any atom is 0.348 e. The quantitative estimate of drug-likeness (QED) is 0.828. The molecule has 1 aliphatic heterocycles. The molecule has 84 valence electrons. The minimum atomic E-state index is -0.493. The van der Waals surface area contributed by atoms with Gasteiger partial charge < -0.3 is 5.32 Å². The van der Waals surface area contributed by atoms with Gasteiger partial charge in [0.15, 0.2) is 0 Å². The Bertz CT molecular complexity index is 375. The number of nitrogens with zero attached hydrogens (tertiary/aromatic N) is 1. The van der Waals surface area contributed by atoms with Crippen LogP contribution in [0.25, 0.3) is 0 Å². The van der Waals surface area contributed by atoms with Crippen LogP contribution in [-0.4, -0.2) is 23.5 Å². The van der Waals surface area contributed by atoms with E-state index in [0.717, 1.165) is 10.6 Å². The Morgan fingerprint density at radius 1 is 1.25 bits per heavy atom. The van der Waals surface area contributed by atoms with E-state index in [2.05, 4.69) is 5.32 Å². The highest BCUT2D eigenvalue weighted by Gasteiger charge is 2.26. The van der Waals surface area contributed by atoms with Gasteiger partial charge in [-0.3, -0.25) is 9.63 Å². The molecule has 1 aromatic carbocycles. The van der Waals surface area contributed by atoms with Gasteiger partial charge in [-0.25, -0.2) is 4.79 Å². The van der Waals surface area contributed by atoms with E-state index in [4.69, 9.17) is 4.84 Å². The third-order valence-electron chi connectivity index (χ3n) is 2.23. The summed E-state index contributed by atoms with van der Waals surface area (Å²) in [5.41, 5.74) is 0.911. The minimum absolute atomic E-state index is 0.208. The first kappa shape index (κ1) is 10.6. The van der Waals surface area contributed by atoms with E-state index in [9.17, 15) is 9.59 Å². The van der Waals surface area contributed by atoms with Crippen molar-refractivity contribution in [1.82, 2.24) is 10.4 Å². The second-order valence-electron chi connectivity index (χ2n) is 3.43. The van der Waals surface area contributed by atoms with Crippen molar-refractivity contribution >= 4 is 11.9 Å².